The summed E-state index contributed by atoms with van der Waals surface area (Å²) < 4.78 is 10.5. The number of esters is 1. The molecule has 1 aliphatic rings. The van der Waals surface area contributed by atoms with E-state index in [1.165, 1.54) is 0 Å². The van der Waals surface area contributed by atoms with Gasteiger partial charge in [-0.05, 0) is 25.1 Å². The van der Waals surface area contributed by atoms with Crippen LogP contribution in [0.1, 0.15) is 22.8 Å². The number of ether oxygens (including phenoxy) is 2. The van der Waals surface area contributed by atoms with Gasteiger partial charge in [-0.15, -0.1) is 0 Å². The Bertz CT molecular complexity index is 717. The van der Waals surface area contributed by atoms with Gasteiger partial charge in [0, 0.05) is 37.6 Å². The summed E-state index contributed by atoms with van der Waals surface area (Å²) in [5, 5.41) is 3.24. The summed E-state index contributed by atoms with van der Waals surface area (Å²) >= 11 is 0. The van der Waals surface area contributed by atoms with Crippen LogP contribution in [-0.2, 0) is 16.0 Å². The third-order valence-corrected chi connectivity index (χ3v) is 3.93. The highest BCUT2D eigenvalue weighted by Crippen LogP contribution is 2.21. The minimum Gasteiger partial charge on any atom is -0.462 e. The van der Waals surface area contributed by atoms with Crippen LogP contribution in [0, 0.1) is 0 Å². The maximum atomic E-state index is 12.1. The van der Waals surface area contributed by atoms with Crippen molar-refractivity contribution in [3.63, 3.8) is 0 Å². The Labute approximate surface area is 147 Å². The van der Waals surface area contributed by atoms with Crippen LogP contribution in [0.4, 0.5) is 11.6 Å². The van der Waals surface area contributed by atoms with Gasteiger partial charge < -0.3 is 19.7 Å². The van der Waals surface area contributed by atoms with Crippen molar-refractivity contribution in [3.8, 4) is 0 Å². The summed E-state index contributed by atoms with van der Waals surface area (Å²) in [6, 6.07) is 7.36. The zero-order chi connectivity index (χ0) is 17.5. The molecule has 1 fully saturated rings. The summed E-state index contributed by atoms with van der Waals surface area (Å²) in [6.45, 7) is 5.68. The van der Waals surface area contributed by atoms with Crippen molar-refractivity contribution in [2.75, 3.05) is 43.1 Å². The highest BCUT2D eigenvalue weighted by atomic mass is 16.5. The van der Waals surface area contributed by atoms with E-state index in [4.69, 9.17) is 9.47 Å². The minimum atomic E-state index is -0.377. The maximum Gasteiger partial charge on any atom is 0.341 e. The lowest BCUT2D eigenvalue weighted by Gasteiger charge is -2.29. The standard InChI is InChI=1S/C18H22N4O3/c1-2-25-18(23)15-6-4-7-19-16(15)21-13-14-5-3-8-20-17(14)22-9-11-24-12-10-22/h3-8H,2,9-13H2,1H3,(H,19,21). The number of morpholine rings is 1. The number of pyridine rings is 2. The van der Waals surface area contributed by atoms with E-state index in [0.29, 0.717) is 37.7 Å². The molecular weight excluding hydrogens is 320 g/mol. The molecule has 7 nitrogen and oxygen atoms in total. The van der Waals surface area contributed by atoms with E-state index < -0.39 is 0 Å². The van der Waals surface area contributed by atoms with Gasteiger partial charge in [-0.2, -0.15) is 0 Å². The number of hydrogen-bond donors (Lipinski definition) is 1. The van der Waals surface area contributed by atoms with E-state index in [1.807, 2.05) is 12.1 Å². The molecule has 0 aromatic carbocycles. The third-order valence-electron chi connectivity index (χ3n) is 3.93. The van der Waals surface area contributed by atoms with Crippen molar-refractivity contribution in [2.45, 2.75) is 13.5 Å². The Morgan fingerprint density at radius 2 is 2.00 bits per heavy atom. The Morgan fingerprint density at radius 1 is 1.24 bits per heavy atom. The zero-order valence-electron chi connectivity index (χ0n) is 14.3. The van der Waals surface area contributed by atoms with Gasteiger partial charge in [0.05, 0.1) is 19.8 Å². The predicted molar refractivity (Wildman–Crippen MR) is 94.8 cm³/mol. The van der Waals surface area contributed by atoms with E-state index in [9.17, 15) is 4.79 Å². The second-order valence-electron chi connectivity index (χ2n) is 5.56. The molecular formula is C18H22N4O3. The number of nitrogens with zero attached hydrogens (tertiary/aromatic N) is 3. The maximum absolute atomic E-state index is 12.1. The molecule has 0 aliphatic carbocycles. The van der Waals surface area contributed by atoms with Gasteiger partial charge >= 0.3 is 5.97 Å². The fraction of sp³-hybridized carbons (Fsp3) is 0.389. The third kappa shape index (κ3) is 4.24. The molecule has 2 aromatic rings. The summed E-state index contributed by atoms with van der Waals surface area (Å²) in [4.78, 5) is 23.1. The summed E-state index contributed by atoms with van der Waals surface area (Å²) in [5.41, 5.74) is 1.48. The molecule has 0 unspecified atom stereocenters. The lowest BCUT2D eigenvalue weighted by Crippen LogP contribution is -2.37. The molecule has 7 heteroatoms. The lowest BCUT2D eigenvalue weighted by molar-refractivity contribution is 0.0527. The van der Waals surface area contributed by atoms with Crippen molar-refractivity contribution in [2.24, 2.45) is 0 Å². The second-order valence-corrected chi connectivity index (χ2v) is 5.56. The Morgan fingerprint density at radius 3 is 2.80 bits per heavy atom. The number of rotatable bonds is 6. The van der Waals surface area contributed by atoms with Gasteiger partial charge in [0.2, 0.25) is 0 Å². The number of carbonyl (C=O) groups excluding carboxylic acids is 1. The normalized spacial score (nSPS) is 14.2. The molecule has 3 rings (SSSR count). The van der Waals surface area contributed by atoms with E-state index in [-0.39, 0.29) is 5.97 Å². The highest BCUT2D eigenvalue weighted by Gasteiger charge is 2.17. The fourth-order valence-electron chi connectivity index (χ4n) is 2.73. The predicted octanol–water partition coefficient (Wildman–Crippen LogP) is 2.10. The molecule has 1 aliphatic heterocycles. The molecule has 1 saturated heterocycles. The lowest BCUT2D eigenvalue weighted by atomic mass is 10.2. The molecule has 0 saturated carbocycles. The first-order valence-corrected chi connectivity index (χ1v) is 8.42. The molecule has 0 bridgehead atoms. The van der Waals surface area contributed by atoms with Crippen molar-refractivity contribution in [1.29, 1.82) is 0 Å². The smallest absolute Gasteiger partial charge is 0.341 e. The van der Waals surface area contributed by atoms with E-state index in [0.717, 1.165) is 24.5 Å². The number of carbonyl (C=O) groups is 1. The molecule has 3 heterocycles. The first-order chi connectivity index (χ1) is 12.3. The van der Waals surface area contributed by atoms with Gasteiger partial charge in [-0.25, -0.2) is 14.8 Å². The largest absolute Gasteiger partial charge is 0.462 e. The number of nitrogens with one attached hydrogen (secondary N) is 1. The highest BCUT2D eigenvalue weighted by molar-refractivity contribution is 5.94. The van der Waals surface area contributed by atoms with Crippen LogP contribution in [0.3, 0.4) is 0 Å². The van der Waals surface area contributed by atoms with Gasteiger partial charge in [0.25, 0.3) is 0 Å². The quantitative estimate of drug-likeness (QED) is 0.806. The first-order valence-electron chi connectivity index (χ1n) is 8.42. The molecule has 2 aromatic heterocycles. The minimum absolute atomic E-state index is 0.330. The second kappa shape index (κ2) is 8.43. The zero-order valence-corrected chi connectivity index (χ0v) is 14.3. The molecule has 25 heavy (non-hydrogen) atoms. The Balaban J connectivity index is 1.75. The number of anilines is 2. The molecule has 132 valence electrons. The molecule has 0 atom stereocenters. The summed E-state index contributed by atoms with van der Waals surface area (Å²) in [5.74, 6) is 1.07. The summed E-state index contributed by atoms with van der Waals surface area (Å²) in [6.07, 6.45) is 3.44. The van der Waals surface area contributed by atoms with Gasteiger partial charge in [-0.1, -0.05) is 6.07 Å². The van der Waals surface area contributed by atoms with Crippen molar-refractivity contribution >= 4 is 17.6 Å². The van der Waals surface area contributed by atoms with E-state index >= 15 is 0 Å². The molecule has 0 spiro atoms. The van der Waals surface area contributed by atoms with Crippen LogP contribution in [-0.4, -0.2) is 48.8 Å². The average Bonchev–Trinajstić information content (AvgIpc) is 2.68. The Hall–Kier alpha value is -2.67. The van der Waals surface area contributed by atoms with E-state index in [1.54, 1.807) is 31.5 Å². The summed E-state index contributed by atoms with van der Waals surface area (Å²) in [7, 11) is 0. The van der Waals surface area contributed by atoms with Gasteiger partial charge in [0.15, 0.2) is 0 Å². The van der Waals surface area contributed by atoms with Crippen LogP contribution in [0.15, 0.2) is 36.7 Å². The number of hydrogen-bond acceptors (Lipinski definition) is 7. The topological polar surface area (TPSA) is 76.6 Å². The SMILES string of the molecule is CCOC(=O)c1cccnc1NCc1cccnc1N1CCOCC1. The van der Waals surface area contributed by atoms with Crippen LogP contribution < -0.4 is 10.2 Å². The first kappa shape index (κ1) is 17.2. The van der Waals surface area contributed by atoms with Crippen molar-refractivity contribution in [1.82, 2.24) is 9.97 Å². The van der Waals surface area contributed by atoms with Crippen molar-refractivity contribution < 1.29 is 14.3 Å². The van der Waals surface area contributed by atoms with Crippen LogP contribution >= 0.6 is 0 Å². The molecule has 1 N–H and O–H groups in total. The van der Waals surface area contributed by atoms with Crippen LogP contribution in [0.5, 0.6) is 0 Å². The monoisotopic (exact) mass is 342 g/mol. The Kier molecular flexibility index (Phi) is 5.79. The van der Waals surface area contributed by atoms with E-state index in [2.05, 4.69) is 20.2 Å². The average molecular weight is 342 g/mol. The van der Waals surface area contributed by atoms with Crippen LogP contribution in [0.25, 0.3) is 0 Å². The molecule has 0 amide bonds. The fourth-order valence-corrected chi connectivity index (χ4v) is 2.73. The van der Waals surface area contributed by atoms with Gasteiger partial charge in [0.1, 0.15) is 17.2 Å². The molecule has 0 radical (unpaired) electrons. The van der Waals surface area contributed by atoms with Gasteiger partial charge in [-0.3, -0.25) is 0 Å². The van der Waals surface area contributed by atoms with Crippen molar-refractivity contribution in [3.05, 3.63) is 47.8 Å². The van der Waals surface area contributed by atoms with Crippen LogP contribution in [0.2, 0.25) is 0 Å². The number of aromatic nitrogens is 2.